The van der Waals surface area contributed by atoms with Gasteiger partial charge in [0.15, 0.2) is 0 Å². The van der Waals surface area contributed by atoms with E-state index in [0.29, 0.717) is 5.69 Å². The van der Waals surface area contributed by atoms with Crippen molar-refractivity contribution in [3.8, 4) is 0 Å². The first kappa shape index (κ1) is 16.9. The maximum absolute atomic E-state index is 12.1. The summed E-state index contributed by atoms with van der Waals surface area (Å²) in [7, 11) is -3.88. The molecule has 0 unspecified atom stereocenters. The largest absolute Gasteiger partial charge is 0.383 e. The van der Waals surface area contributed by atoms with E-state index in [-0.39, 0.29) is 18.0 Å². The number of sulfonamides is 2. The van der Waals surface area contributed by atoms with E-state index in [1.54, 1.807) is 18.2 Å². The Morgan fingerprint density at radius 2 is 1.65 bits per heavy atom. The van der Waals surface area contributed by atoms with Gasteiger partial charge in [0.1, 0.15) is 4.90 Å². The van der Waals surface area contributed by atoms with Crippen LogP contribution in [0.1, 0.15) is 0 Å². The van der Waals surface area contributed by atoms with Crippen molar-refractivity contribution in [1.29, 1.82) is 0 Å². The number of hydrogen-bond acceptors (Lipinski definition) is 5. The van der Waals surface area contributed by atoms with Crippen LogP contribution in [0.3, 0.4) is 0 Å². The van der Waals surface area contributed by atoms with E-state index in [1.165, 1.54) is 20.2 Å². The summed E-state index contributed by atoms with van der Waals surface area (Å²) in [6.07, 6.45) is 1.07. The molecule has 0 radical (unpaired) electrons. The molecule has 0 spiro atoms. The summed E-state index contributed by atoms with van der Waals surface area (Å²) in [4.78, 5) is 0.157. The van der Waals surface area contributed by atoms with E-state index >= 15 is 0 Å². The lowest BCUT2D eigenvalue weighted by molar-refractivity contribution is 0.521. The van der Waals surface area contributed by atoms with E-state index in [9.17, 15) is 16.8 Å². The Kier molecular flexibility index (Phi) is 5.51. The van der Waals surface area contributed by atoms with Gasteiger partial charge in [-0.1, -0.05) is 12.1 Å². The molecule has 0 saturated carbocycles. The number of anilines is 1. The Morgan fingerprint density at radius 3 is 2.20 bits per heavy atom. The molecule has 1 aromatic rings. The van der Waals surface area contributed by atoms with Gasteiger partial charge in [-0.05, 0) is 12.1 Å². The first-order valence-corrected chi connectivity index (χ1v) is 9.18. The van der Waals surface area contributed by atoms with Crippen LogP contribution in [-0.2, 0) is 20.0 Å². The zero-order chi connectivity index (χ0) is 15.4. The van der Waals surface area contributed by atoms with Crippen LogP contribution in [0.25, 0.3) is 0 Å². The molecule has 9 heteroatoms. The third-order valence-corrected chi connectivity index (χ3v) is 5.05. The van der Waals surface area contributed by atoms with Crippen LogP contribution in [0.5, 0.6) is 0 Å². The van der Waals surface area contributed by atoms with Crippen molar-refractivity contribution in [3.63, 3.8) is 0 Å². The molecule has 0 heterocycles. The van der Waals surface area contributed by atoms with Crippen LogP contribution in [0.2, 0.25) is 0 Å². The highest BCUT2D eigenvalue weighted by molar-refractivity contribution is 7.89. The lowest BCUT2D eigenvalue weighted by atomic mass is 10.3. The standard InChI is InChI=1S/C11H19N3O4S2/c1-14(2)20(17,18)11-7-5-4-6-10(11)12-8-9-13-19(3,15)16/h4-7,12-13H,8-9H2,1-3H3. The van der Waals surface area contributed by atoms with Crippen molar-refractivity contribution in [2.45, 2.75) is 4.90 Å². The molecule has 1 rings (SSSR count). The smallest absolute Gasteiger partial charge is 0.244 e. The van der Waals surface area contributed by atoms with Gasteiger partial charge in [-0.15, -0.1) is 0 Å². The first-order chi connectivity index (χ1) is 9.14. The molecule has 1 aromatic carbocycles. The van der Waals surface area contributed by atoms with Crippen molar-refractivity contribution >= 4 is 25.7 Å². The first-order valence-electron chi connectivity index (χ1n) is 5.84. The van der Waals surface area contributed by atoms with E-state index in [0.717, 1.165) is 10.6 Å². The summed E-state index contributed by atoms with van der Waals surface area (Å²) in [5, 5.41) is 2.91. The fourth-order valence-corrected chi connectivity index (χ4v) is 3.00. The number of rotatable bonds is 7. The van der Waals surface area contributed by atoms with Crippen molar-refractivity contribution in [1.82, 2.24) is 9.03 Å². The predicted molar refractivity (Wildman–Crippen MR) is 78.7 cm³/mol. The molecule has 114 valence electrons. The quantitative estimate of drug-likeness (QED) is 0.684. The predicted octanol–water partition coefficient (Wildman–Crippen LogP) is -0.102. The summed E-state index contributed by atoms with van der Waals surface area (Å²) in [5.41, 5.74) is 0.441. The minimum Gasteiger partial charge on any atom is -0.383 e. The van der Waals surface area contributed by atoms with Crippen LogP contribution in [0.15, 0.2) is 29.2 Å². The molecule has 0 amide bonds. The zero-order valence-corrected chi connectivity index (χ0v) is 13.3. The second-order valence-electron chi connectivity index (χ2n) is 4.38. The maximum atomic E-state index is 12.1. The number of benzene rings is 1. The van der Waals surface area contributed by atoms with Gasteiger partial charge in [-0.25, -0.2) is 25.9 Å². The second-order valence-corrected chi connectivity index (χ2v) is 8.33. The van der Waals surface area contributed by atoms with Gasteiger partial charge < -0.3 is 5.32 Å². The molecule has 0 aliphatic carbocycles. The summed E-state index contributed by atoms with van der Waals surface area (Å²) >= 11 is 0. The summed E-state index contributed by atoms with van der Waals surface area (Å²) in [5.74, 6) is 0. The molecule has 2 N–H and O–H groups in total. The van der Waals surface area contributed by atoms with Crippen molar-refractivity contribution in [2.75, 3.05) is 38.8 Å². The van der Waals surface area contributed by atoms with Gasteiger partial charge in [0.25, 0.3) is 0 Å². The van der Waals surface area contributed by atoms with E-state index < -0.39 is 20.0 Å². The highest BCUT2D eigenvalue weighted by atomic mass is 32.2. The number of nitrogens with one attached hydrogen (secondary N) is 2. The Labute approximate surface area is 120 Å². The molecule has 7 nitrogen and oxygen atoms in total. The molecule has 0 atom stereocenters. The van der Waals surface area contributed by atoms with Gasteiger partial charge in [-0.3, -0.25) is 0 Å². The normalized spacial score (nSPS) is 12.6. The van der Waals surface area contributed by atoms with Gasteiger partial charge in [-0.2, -0.15) is 0 Å². The monoisotopic (exact) mass is 321 g/mol. The number of nitrogens with zero attached hydrogens (tertiary/aromatic N) is 1. The fraction of sp³-hybridized carbons (Fsp3) is 0.455. The Morgan fingerprint density at radius 1 is 1.05 bits per heavy atom. The minimum absolute atomic E-state index is 0.157. The van der Waals surface area contributed by atoms with E-state index in [2.05, 4.69) is 10.0 Å². The second kappa shape index (κ2) is 6.53. The third-order valence-electron chi connectivity index (χ3n) is 2.45. The maximum Gasteiger partial charge on any atom is 0.244 e. The highest BCUT2D eigenvalue weighted by Gasteiger charge is 2.20. The fourth-order valence-electron chi connectivity index (χ4n) is 1.47. The Hall–Kier alpha value is -1.16. The van der Waals surface area contributed by atoms with E-state index in [1.807, 2.05) is 0 Å². The molecule has 20 heavy (non-hydrogen) atoms. The molecular formula is C11H19N3O4S2. The average Bonchev–Trinajstić information content (AvgIpc) is 2.33. The molecule has 0 aliphatic heterocycles. The topological polar surface area (TPSA) is 95.6 Å². The Bertz CT molecular complexity index is 654. The van der Waals surface area contributed by atoms with Gasteiger partial charge in [0.05, 0.1) is 11.9 Å². The summed E-state index contributed by atoms with van der Waals surface area (Å²) in [6.45, 7) is 0.461. The molecular weight excluding hydrogens is 302 g/mol. The summed E-state index contributed by atoms with van der Waals surface area (Å²) in [6, 6.07) is 6.48. The molecule has 0 saturated heterocycles. The number of hydrogen-bond donors (Lipinski definition) is 2. The van der Waals surface area contributed by atoms with Gasteiger partial charge >= 0.3 is 0 Å². The van der Waals surface area contributed by atoms with Crippen LogP contribution in [0.4, 0.5) is 5.69 Å². The Balaban J connectivity index is 2.82. The minimum atomic E-state index is -3.54. The third kappa shape index (κ3) is 4.75. The average molecular weight is 321 g/mol. The van der Waals surface area contributed by atoms with E-state index in [4.69, 9.17) is 0 Å². The lowest BCUT2D eigenvalue weighted by Gasteiger charge is -2.16. The van der Waals surface area contributed by atoms with Crippen LogP contribution < -0.4 is 10.0 Å². The molecule has 0 fully saturated rings. The number of para-hydroxylation sites is 1. The summed E-state index contributed by atoms with van der Waals surface area (Å²) < 4.78 is 49.5. The lowest BCUT2D eigenvalue weighted by Crippen LogP contribution is -2.28. The molecule has 0 aliphatic rings. The van der Waals surface area contributed by atoms with Crippen LogP contribution >= 0.6 is 0 Å². The van der Waals surface area contributed by atoms with Crippen molar-refractivity contribution in [3.05, 3.63) is 24.3 Å². The van der Waals surface area contributed by atoms with Crippen LogP contribution in [0, 0.1) is 0 Å². The van der Waals surface area contributed by atoms with Gasteiger partial charge in [0, 0.05) is 27.2 Å². The van der Waals surface area contributed by atoms with Crippen molar-refractivity contribution < 1.29 is 16.8 Å². The van der Waals surface area contributed by atoms with Crippen LogP contribution in [-0.4, -0.2) is 54.6 Å². The molecule has 0 aromatic heterocycles. The molecule has 0 bridgehead atoms. The zero-order valence-electron chi connectivity index (χ0n) is 11.6. The SMILES string of the molecule is CN(C)S(=O)(=O)c1ccccc1NCCNS(C)(=O)=O. The highest BCUT2D eigenvalue weighted by Crippen LogP contribution is 2.22. The van der Waals surface area contributed by atoms with Crippen molar-refractivity contribution in [2.24, 2.45) is 0 Å². The van der Waals surface area contributed by atoms with Gasteiger partial charge in [0.2, 0.25) is 20.0 Å².